The molecule has 82 valence electrons. The molecule has 1 aromatic rings. The van der Waals surface area contributed by atoms with Gasteiger partial charge >= 0.3 is 0 Å². The van der Waals surface area contributed by atoms with Crippen LogP contribution in [0.3, 0.4) is 0 Å². The highest BCUT2D eigenvalue weighted by Gasteiger charge is 2.07. The monoisotopic (exact) mass is 216 g/mol. The van der Waals surface area contributed by atoms with Crippen molar-refractivity contribution in [3.05, 3.63) is 29.6 Å². The largest absolute Gasteiger partial charge is 0.360 e. The van der Waals surface area contributed by atoms with E-state index < -0.39 is 5.82 Å². The molecule has 0 atom stereocenters. The molecule has 0 saturated carbocycles. The first kappa shape index (κ1) is 12.1. The molecule has 0 aliphatic heterocycles. The molecule has 0 heterocycles. The second-order valence-electron chi connectivity index (χ2n) is 3.44. The molecule has 0 aliphatic rings. The van der Waals surface area contributed by atoms with E-state index in [9.17, 15) is 4.39 Å². The topological polar surface area (TPSA) is 27.0 Å². The van der Waals surface area contributed by atoms with Crippen molar-refractivity contribution in [3.8, 4) is 18.4 Å². The molecule has 16 heavy (non-hydrogen) atoms. The third kappa shape index (κ3) is 3.00. The van der Waals surface area contributed by atoms with Gasteiger partial charge in [-0.3, -0.25) is 0 Å². The smallest absolute Gasteiger partial charge is 0.126 e. The van der Waals surface area contributed by atoms with E-state index in [1.807, 2.05) is 17.9 Å². The molecule has 0 bridgehead atoms. The van der Waals surface area contributed by atoms with Crippen LogP contribution in [0, 0.1) is 29.5 Å². The lowest BCUT2D eigenvalue weighted by Crippen LogP contribution is -2.24. The van der Waals surface area contributed by atoms with Crippen LogP contribution in [0.2, 0.25) is 0 Å². The SMILES string of the molecule is C#CCN(CCC)c1cc(F)cc(C#N)c1. The zero-order chi connectivity index (χ0) is 12.0. The normalized spacial score (nSPS) is 9.25. The highest BCUT2D eigenvalue weighted by Crippen LogP contribution is 2.18. The molecule has 3 heteroatoms. The molecule has 0 N–H and O–H groups in total. The third-order valence-corrected chi connectivity index (χ3v) is 2.15. The zero-order valence-corrected chi connectivity index (χ0v) is 9.20. The lowest BCUT2D eigenvalue weighted by atomic mass is 10.2. The predicted molar refractivity (Wildman–Crippen MR) is 62.5 cm³/mol. The second kappa shape index (κ2) is 5.78. The number of anilines is 1. The Morgan fingerprint density at radius 2 is 2.19 bits per heavy atom. The Morgan fingerprint density at radius 3 is 2.75 bits per heavy atom. The Balaban J connectivity index is 3.05. The van der Waals surface area contributed by atoms with Gasteiger partial charge < -0.3 is 4.90 Å². The minimum Gasteiger partial charge on any atom is -0.360 e. The Labute approximate surface area is 95.3 Å². The number of nitriles is 1. The fourth-order valence-corrected chi connectivity index (χ4v) is 1.50. The van der Waals surface area contributed by atoms with Crippen LogP contribution in [0.1, 0.15) is 18.9 Å². The van der Waals surface area contributed by atoms with Crippen molar-refractivity contribution < 1.29 is 4.39 Å². The van der Waals surface area contributed by atoms with Crippen molar-refractivity contribution in [3.63, 3.8) is 0 Å². The van der Waals surface area contributed by atoms with Crippen molar-refractivity contribution in [2.75, 3.05) is 18.0 Å². The maximum Gasteiger partial charge on any atom is 0.126 e. The van der Waals surface area contributed by atoms with Crippen molar-refractivity contribution in [2.45, 2.75) is 13.3 Å². The highest BCUT2D eigenvalue weighted by molar-refractivity contribution is 5.52. The van der Waals surface area contributed by atoms with Crippen LogP contribution >= 0.6 is 0 Å². The van der Waals surface area contributed by atoms with E-state index in [4.69, 9.17) is 11.7 Å². The minimum atomic E-state index is -0.410. The summed E-state index contributed by atoms with van der Waals surface area (Å²) in [4.78, 5) is 1.88. The summed E-state index contributed by atoms with van der Waals surface area (Å²) in [5.41, 5.74) is 0.976. The molecule has 0 spiro atoms. The average molecular weight is 216 g/mol. The van der Waals surface area contributed by atoms with E-state index in [1.54, 1.807) is 6.07 Å². The highest BCUT2D eigenvalue weighted by atomic mass is 19.1. The van der Waals surface area contributed by atoms with Crippen molar-refractivity contribution in [1.82, 2.24) is 0 Å². The van der Waals surface area contributed by atoms with Crippen molar-refractivity contribution >= 4 is 5.69 Å². The van der Waals surface area contributed by atoms with Crippen LogP contribution < -0.4 is 4.90 Å². The van der Waals surface area contributed by atoms with Gasteiger partial charge in [0.2, 0.25) is 0 Å². The first-order valence-corrected chi connectivity index (χ1v) is 5.10. The Kier molecular flexibility index (Phi) is 4.36. The number of hydrogen-bond acceptors (Lipinski definition) is 2. The van der Waals surface area contributed by atoms with E-state index in [0.29, 0.717) is 17.8 Å². The standard InChI is InChI=1S/C13H13FN2/c1-3-5-16(6-4-2)13-8-11(10-15)7-12(14)9-13/h1,7-9H,4-6H2,2H3. The van der Waals surface area contributed by atoms with Gasteiger partial charge in [0.1, 0.15) is 5.82 Å². The number of hydrogen-bond donors (Lipinski definition) is 0. The van der Waals surface area contributed by atoms with Crippen molar-refractivity contribution in [1.29, 1.82) is 5.26 Å². The molecule has 0 amide bonds. The summed E-state index contributed by atoms with van der Waals surface area (Å²) >= 11 is 0. The lowest BCUT2D eigenvalue weighted by molar-refractivity contribution is 0.626. The predicted octanol–water partition coefficient (Wildman–Crippen LogP) is 2.55. The Morgan fingerprint density at radius 1 is 1.44 bits per heavy atom. The van der Waals surface area contributed by atoms with Crippen LogP contribution in [0.15, 0.2) is 18.2 Å². The summed E-state index contributed by atoms with van der Waals surface area (Å²) in [5, 5.41) is 8.75. The first-order valence-electron chi connectivity index (χ1n) is 5.10. The second-order valence-corrected chi connectivity index (χ2v) is 3.44. The molecule has 0 radical (unpaired) electrons. The van der Waals surface area contributed by atoms with Gasteiger partial charge in [0.15, 0.2) is 0 Å². The van der Waals surface area contributed by atoms with E-state index >= 15 is 0 Å². The quantitative estimate of drug-likeness (QED) is 0.723. The molecule has 0 saturated heterocycles. The fraction of sp³-hybridized carbons (Fsp3) is 0.308. The number of benzene rings is 1. The molecule has 1 rings (SSSR count). The van der Waals surface area contributed by atoms with Gasteiger partial charge in [-0.2, -0.15) is 5.26 Å². The third-order valence-electron chi connectivity index (χ3n) is 2.15. The van der Waals surface area contributed by atoms with Gasteiger partial charge in [-0.1, -0.05) is 12.8 Å². The maximum atomic E-state index is 13.2. The summed E-state index contributed by atoms with van der Waals surface area (Å²) in [6, 6.07) is 6.19. The molecule has 0 aliphatic carbocycles. The van der Waals surface area contributed by atoms with E-state index in [0.717, 1.165) is 13.0 Å². The number of rotatable bonds is 4. The van der Waals surface area contributed by atoms with Gasteiger partial charge in [-0.05, 0) is 24.6 Å². The van der Waals surface area contributed by atoms with E-state index in [1.165, 1.54) is 12.1 Å². The molecular formula is C13H13FN2. The van der Waals surface area contributed by atoms with Gasteiger partial charge in [-0.25, -0.2) is 4.39 Å². The van der Waals surface area contributed by atoms with E-state index in [2.05, 4.69) is 5.92 Å². The summed E-state index contributed by atoms with van der Waals surface area (Å²) in [5.74, 6) is 2.12. The van der Waals surface area contributed by atoms with Crippen LogP contribution in [0.5, 0.6) is 0 Å². The summed E-state index contributed by atoms with van der Waals surface area (Å²) in [6.45, 7) is 3.19. The summed E-state index contributed by atoms with van der Waals surface area (Å²) in [6.07, 6.45) is 6.17. The van der Waals surface area contributed by atoms with E-state index in [-0.39, 0.29) is 0 Å². The molecule has 0 unspecified atom stereocenters. The van der Waals surface area contributed by atoms with Crippen LogP contribution in [-0.4, -0.2) is 13.1 Å². The minimum absolute atomic E-state index is 0.313. The van der Waals surface area contributed by atoms with Crippen LogP contribution in [0.4, 0.5) is 10.1 Å². The van der Waals surface area contributed by atoms with Crippen molar-refractivity contribution in [2.24, 2.45) is 0 Å². The lowest BCUT2D eigenvalue weighted by Gasteiger charge is -2.21. The Bertz CT molecular complexity index is 440. The summed E-state index contributed by atoms with van der Waals surface area (Å²) < 4.78 is 13.2. The molecule has 0 fully saturated rings. The summed E-state index contributed by atoms with van der Waals surface area (Å²) in [7, 11) is 0. The molecule has 2 nitrogen and oxygen atoms in total. The zero-order valence-electron chi connectivity index (χ0n) is 9.20. The van der Waals surface area contributed by atoms with Crippen LogP contribution in [-0.2, 0) is 0 Å². The van der Waals surface area contributed by atoms with Gasteiger partial charge in [0.05, 0.1) is 18.2 Å². The molecular weight excluding hydrogens is 203 g/mol. The van der Waals surface area contributed by atoms with Crippen LogP contribution in [0.25, 0.3) is 0 Å². The number of halogens is 1. The number of terminal acetylenes is 1. The average Bonchev–Trinajstić information content (AvgIpc) is 2.28. The maximum absolute atomic E-state index is 13.2. The first-order chi connectivity index (χ1) is 7.71. The van der Waals surface area contributed by atoms with Gasteiger partial charge in [0, 0.05) is 12.2 Å². The molecule has 1 aromatic carbocycles. The van der Waals surface area contributed by atoms with Gasteiger partial charge in [-0.15, -0.1) is 6.42 Å². The Hall–Kier alpha value is -2.00. The number of nitrogens with zero attached hydrogens (tertiary/aromatic N) is 2. The molecule has 0 aromatic heterocycles. The fourth-order valence-electron chi connectivity index (χ4n) is 1.50. The van der Waals surface area contributed by atoms with Gasteiger partial charge in [0.25, 0.3) is 0 Å².